The van der Waals surface area contributed by atoms with Crippen molar-refractivity contribution in [3.05, 3.63) is 0 Å². The van der Waals surface area contributed by atoms with Crippen LogP contribution < -0.4 is 0 Å². The maximum atomic E-state index is 10.5. The highest BCUT2D eigenvalue weighted by atomic mass is 16.6. The van der Waals surface area contributed by atoms with Crippen LogP contribution in [0.4, 0.5) is 0 Å². The number of carbonyl (C=O) groups is 1. The molecule has 1 aliphatic carbocycles. The zero-order chi connectivity index (χ0) is 7.14. The van der Waals surface area contributed by atoms with Crippen LogP contribution in [-0.2, 0) is 9.53 Å². The Morgan fingerprint density at radius 3 is 2.80 bits per heavy atom. The molecular formula is C7H10O3. The van der Waals surface area contributed by atoms with Crippen molar-refractivity contribution in [1.82, 2.24) is 0 Å². The highest BCUT2D eigenvalue weighted by molar-refractivity contribution is 5.70. The predicted molar refractivity (Wildman–Crippen MR) is 33.6 cm³/mol. The van der Waals surface area contributed by atoms with Crippen molar-refractivity contribution in [3.8, 4) is 0 Å². The summed E-state index contributed by atoms with van der Waals surface area (Å²) in [5, 5.41) is 8.62. The molecule has 2 aliphatic rings. The zero-order valence-electron chi connectivity index (χ0n) is 5.62. The van der Waals surface area contributed by atoms with Crippen molar-refractivity contribution in [2.75, 3.05) is 0 Å². The molecule has 1 N–H and O–H groups in total. The molecule has 0 amide bonds. The van der Waals surface area contributed by atoms with Crippen LogP contribution >= 0.6 is 0 Å². The minimum Gasteiger partial charge on any atom is -0.481 e. The predicted octanol–water partition coefficient (Wildman–Crippen LogP) is 0.638. The fourth-order valence-electron chi connectivity index (χ4n) is 1.63. The van der Waals surface area contributed by atoms with Gasteiger partial charge in [0.2, 0.25) is 0 Å². The first kappa shape index (κ1) is 6.16. The minimum atomic E-state index is -0.658. The molecule has 0 aromatic heterocycles. The molecule has 3 nitrogen and oxygen atoms in total. The van der Waals surface area contributed by atoms with Crippen LogP contribution in [0, 0.1) is 5.92 Å². The van der Waals surface area contributed by atoms with Crippen molar-refractivity contribution >= 4 is 5.97 Å². The third-order valence-corrected chi connectivity index (χ3v) is 2.35. The van der Waals surface area contributed by atoms with Gasteiger partial charge in [-0.3, -0.25) is 4.79 Å². The smallest absolute Gasteiger partial charge is 0.306 e. The summed E-state index contributed by atoms with van der Waals surface area (Å²) in [5.41, 5.74) is 0. The van der Waals surface area contributed by atoms with Crippen LogP contribution in [-0.4, -0.2) is 23.3 Å². The lowest BCUT2D eigenvalue weighted by Crippen LogP contribution is -2.21. The van der Waals surface area contributed by atoms with Crippen LogP contribution in [0.1, 0.15) is 19.3 Å². The quantitative estimate of drug-likeness (QED) is 0.546. The molecule has 10 heavy (non-hydrogen) atoms. The van der Waals surface area contributed by atoms with Gasteiger partial charge in [0.1, 0.15) is 0 Å². The molecule has 0 aromatic carbocycles. The van der Waals surface area contributed by atoms with Crippen molar-refractivity contribution in [3.63, 3.8) is 0 Å². The molecule has 1 aliphatic heterocycles. The second kappa shape index (κ2) is 1.95. The highest BCUT2D eigenvalue weighted by Crippen LogP contribution is 2.39. The second-order valence-electron chi connectivity index (χ2n) is 3.06. The first-order chi connectivity index (χ1) is 4.77. The van der Waals surface area contributed by atoms with E-state index in [1.54, 1.807) is 0 Å². The number of epoxide rings is 1. The van der Waals surface area contributed by atoms with Gasteiger partial charge in [-0.05, 0) is 19.3 Å². The lowest BCUT2D eigenvalue weighted by atomic mass is 9.90. The first-order valence-corrected chi connectivity index (χ1v) is 3.65. The molecule has 1 saturated heterocycles. The average molecular weight is 142 g/mol. The molecule has 0 radical (unpaired) electrons. The summed E-state index contributed by atoms with van der Waals surface area (Å²) < 4.78 is 5.19. The van der Waals surface area contributed by atoms with E-state index in [0.29, 0.717) is 6.10 Å². The summed E-state index contributed by atoms with van der Waals surface area (Å²) in [6.45, 7) is 0. The largest absolute Gasteiger partial charge is 0.481 e. The van der Waals surface area contributed by atoms with Crippen LogP contribution in [0.3, 0.4) is 0 Å². The van der Waals surface area contributed by atoms with Gasteiger partial charge in [0, 0.05) is 0 Å². The van der Waals surface area contributed by atoms with Gasteiger partial charge in [-0.25, -0.2) is 0 Å². The van der Waals surface area contributed by atoms with E-state index in [4.69, 9.17) is 9.84 Å². The van der Waals surface area contributed by atoms with Gasteiger partial charge in [0.25, 0.3) is 0 Å². The number of carboxylic acid groups (broad SMARTS) is 1. The van der Waals surface area contributed by atoms with E-state index in [9.17, 15) is 4.79 Å². The molecule has 1 heterocycles. The molecule has 3 atom stereocenters. The van der Waals surface area contributed by atoms with Crippen LogP contribution in [0.15, 0.2) is 0 Å². The Bertz CT molecular complexity index is 166. The van der Waals surface area contributed by atoms with Crippen LogP contribution in [0.25, 0.3) is 0 Å². The average Bonchev–Trinajstić information content (AvgIpc) is 2.63. The van der Waals surface area contributed by atoms with Gasteiger partial charge in [0.05, 0.1) is 18.1 Å². The highest BCUT2D eigenvalue weighted by Gasteiger charge is 2.45. The maximum absolute atomic E-state index is 10.5. The van der Waals surface area contributed by atoms with E-state index in [1.165, 1.54) is 0 Å². The third kappa shape index (κ3) is 0.904. The number of fused-ring (bicyclic) bond motifs is 1. The Labute approximate surface area is 59.0 Å². The van der Waals surface area contributed by atoms with E-state index in [1.807, 2.05) is 0 Å². The molecule has 0 aromatic rings. The van der Waals surface area contributed by atoms with E-state index in [-0.39, 0.29) is 12.0 Å². The van der Waals surface area contributed by atoms with Crippen molar-refractivity contribution in [1.29, 1.82) is 0 Å². The lowest BCUT2D eigenvalue weighted by molar-refractivity contribution is -0.142. The Morgan fingerprint density at radius 1 is 1.40 bits per heavy atom. The molecule has 1 saturated carbocycles. The van der Waals surface area contributed by atoms with E-state index < -0.39 is 5.97 Å². The first-order valence-electron chi connectivity index (χ1n) is 3.65. The zero-order valence-corrected chi connectivity index (χ0v) is 5.62. The number of hydrogen-bond acceptors (Lipinski definition) is 2. The number of aliphatic carboxylic acids is 1. The number of rotatable bonds is 1. The molecule has 2 unspecified atom stereocenters. The van der Waals surface area contributed by atoms with Crippen LogP contribution in [0.2, 0.25) is 0 Å². The molecule has 0 spiro atoms. The monoisotopic (exact) mass is 142 g/mol. The molecule has 2 rings (SSSR count). The Hall–Kier alpha value is -0.570. The van der Waals surface area contributed by atoms with Crippen LogP contribution in [0.5, 0.6) is 0 Å². The summed E-state index contributed by atoms with van der Waals surface area (Å²) in [6.07, 6.45) is 3.18. The van der Waals surface area contributed by atoms with Gasteiger partial charge < -0.3 is 9.84 Å². The second-order valence-corrected chi connectivity index (χ2v) is 3.06. The molecular weight excluding hydrogens is 132 g/mol. The minimum absolute atomic E-state index is 0.135. The number of hydrogen-bond donors (Lipinski definition) is 1. The van der Waals surface area contributed by atoms with E-state index in [2.05, 4.69) is 0 Å². The standard InChI is InChI=1S/C7H10O3/c8-7(9)4-1-2-5-6(3-4)10-5/h4-6H,1-3H2,(H,8,9)/t4?,5-,6?/m0/s1. The van der Waals surface area contributed by atoms with E-state index >= 15 is 0 Å². The van der Waals surface area contributed by atoms with Gasteiger partial charge in [-0.15, -0.1) is 0 Å². The van der Waals surface area contributed by atoms with Gasteiger partial charge in [-0.2, -0.15) is 0 Å². The molecule has 0 bridgehead atoms. The topological polar surface area (TPSA) is 49.8 Å². The number of carboxylic acids is 1. The summed E-state index contributed by atoms with van der Waals surface area (Å²) >= 11 is 0. The Morgan fingerprint density at radius 2 is 2.20 bits per heavy atom. The van der Waals surface area contributed by atoms with Gasteiger partial charge in [0.15, 0.2) is 0 Å². The lowest BCUT2D eigenvalue weighted by Gasteiger charge is -2.12. The summed E-state index contributed by atoms with van der Waals surface area (Å²) in [5.74, 6) is -0.794. The SMILES string of the molecule is O=C(O)C1CC[C@@H]2OC2C1. The summed E-state index contributed by atoms with van der Waals surface area (Å²) in [7, 11) is 0. The molecule has 2 fully saturated rings. The normalized spacial score (nSPS) is 44.2. The molecule has 56 valence electrons. The Kier molecular flexibility index (Phi) is 1.20. The van der Waals surface area contributed by atoms with Gasteiger partial charge in [-0.1, -0.05) is 0 Å². The number of ether oxygens (including phenoxy) is 1. The van der Waals surface area contributed by atoms with Gasteiger partial charge >= 0.3 is 5.97 Å². The van der Waals surface area contributed by atoms with Crippen molar-refractivity contribution in [2.45, 2.75) is 31.5 Å². The van der Waals surface area contributed by atoms with E-state index in [0.717, 1.165) is 19.3 Å². The summed E-state index contributed by atoms with van der Waals surface area (Å²) in [6, 6.07) is 0. The fourth-order valence-corrected chi connectivity index (χ4v) is 1.63. The Balaban J connectivity index is 1.94. The van der Waals surface area contributed by atoms with Crippen molar-refractivity contribution < 1.29 is 14.6 Å². The summed E-state index contributed by atoms with van der Waals surface area (Å²) in [4.78, 5) is 10.5. The fraction of sp³-hybridized carbons (Fsp3) is 0.857. The maximum Gasteiger partial charge on any atom is 0.306 e. The third-order valence-electron chi connectivity index (χ3n) is 2.35. The van der Waals surface area contributed by atoms with Crippen molar-refractivity contribution in [2.24, 2.45) is 5.92 Å². The molecule has 3 heteroatoms.